The summed E-state index contributed by atoms with van der Waals surface area (Å²) in [6.45, 7) is 0. The summed E-state index contributed by atoms with van der Waals surface area (Å²) in [6, 6.07) is 11.2. The number of allylic oxidation sites excluding steroid dienone is 2. The van der Waals surface area contributed by atoms with Gasteiger partial charge in [0.05, 0.1) is 5.56 Å². The highest BCUT2D eigenvalue weighted by Crippen LogP contribution is 2.46. The number of benzene rings is 2. The van der Waals surface area contributed by atoms with Gasteiger partial charge in [0, 0.05) is 45.8 Å². The quantitative estimate of drug-likeness (QED) is 0.725. The largest absolute Gasteiger partial charge is 0.478 e. The monoisotopic (exact) mass is 429 g/mol. The van der Waals surface area contributed by atoms with Crippen molar-refractivity contribution in [2.45, 2.75) is 31.6 Å². The Morgan fingerprint density at radius 2 is 1.66 bits per heavy atom. The molecule has 2 aromatic carbocycles. The number of carboxylic acids is 1. The molecule has 0 saturated heterocycles. The van der Waals surface area contributed by atoms with Gasteiger partial charge in [-0.25, -0.2) is 4.79 Å². The molecule has 4 rings (SSSR count). The second-order valence-corrected chi connectivity index (χ2v) is 7.92. The third kappa shape index (κ3) is 3.45. The van der Waals surface area contributed by atoms with Crippen LogP contribution in [-0.4, -0.2) is 22.8 Å². The lowest BCUT2D eigenvalue weighted by molar-refractivity contribution is -0.119. The second kappa shape index (κ2) is 7.65. The molecule has 1 N–H and O–H groups in total. The van der Waals surface area contributed by atoms with Crippen LogP contribution in [0.1, 0.15) is 47.5 Å². The molecule has 29 heavy (non-hydrogen) atoms. The predicted molar refractivity (Wildman–Crippen MR) is 111 cm³/mol. The standard InChI is InChI=1S/C22H17Cl2NO4/c23-15-3-1-4-16(24)20(15)14-11-19(27)25(17-5-2-6-18(26)21(14)17)13-9-7-12(8-10-13)22(28)29/h1,3-4,7-10,14H,2,5-6,11H2,(H,28,29). The van der Waals surface area contributed by atoms with Crippen molar-refractivity contribution >= 4 is 46.5 Å². The van der Waals surface area contributed by atoms with Gasteiger partial charge in [-0.15, -0.1) is 0 Å². The molecule has 1 heterocycles. The Morgan fingerprint density at radius 1 is 1.00 bits per heavy atom. The van der Waals surface area contributed by atoms with Crippen LogP contribution in [0.25, 0.3) is 0 Å². The number of aromatic carboxylic acids is 1. The van der Waals surface area contributed by atoms with E-state index in [0.717, 1.165) is 0 Å². The fraction of sp³-hybridized carbons (Fsp3) is 0.227. The SMILES string of the molecule is O=C1CCCC2=C1C(c1c(Cl)cccc1Cl)CC(=O)N2c1ccc(C(=O)O)cc1. The number of halogens is 2. The number of Topliss-reactive ketones (excluding diaryl/α,β-unsaturated/α-hetero) is 1. The van der Waals surface area contributed by atoms with Crippen LogP contribution in [0, 0.1) is 0 Å². The van der Waals surface area contributed by atoms with Crippen LogP contribution in [0.2, 0.25) is 10.0 Å². The number of hydrogen-bond donors (Lipinski definition) is 1. The molecule has 0 aromatic heterocycles. The molecule has 1 aliphatic heterocycles. The zero-order chi connectivity index (χ0) is 20.7. The molecule has 1 atom stereocenters. The molecule has 5 nitrogen and oxygen atoms in total. The van der Waals surface area contributed by atoms with Crippen molar-refractivity contribution < 1.29 is 19.5 Å². The van der Waals surface area contributed by atoms with Gasteiger partial charge in [0.1, 0.15) is 0 Å². The van der Waals surface area contributed by atoms with E-state index in [9.17, 15) is 14.4 Å². The van der Waals surface area contributed by atoms with E-state index >= 15 is 0 Å². The van der Waals surface area contributed by atoms with Crippen molar-refractivity contribution in [1.82, 2.24) is 0 Å². The third-order valence-corrected chi connectivity index (χ3v) is 6.06. The first-order valence-electron chi connectivity index (χ1n) is 9.25. The van der Waals surface area contributed by atoms with Gasteiger partial charge in [-0.1, -0.05) is 29.3 Å². The maximum atomic E-state index is 13.2. The summed E-state index contributed by atoms with van der Waals surface area (Å²) in [6.07, 6.45) is 1.70. The molecule has 1 unspecified atom stereocenters. The normalized spacial score (nSPS) is 19.4. The molecule has 0 radical (unpaired) electrons. The molecule has 2 aromatic rings. The second-order valence-electron chi connectivity index (χ2n) is 7.11. The minimum Gasteiger partial charge on any atom is -0.478 e. The Hall–Kier alpha value is -2.63. The van der Waals surface area contributed by atoms with Crippen molar-refractivity contribution in [1.29, 1.82) is 0 Å². The number of rotatable bonds is 3. The highest BCUT2D eigenvalue weighted by Gasteiger charge is 2.41. The number of carbonyl (C=O) groups is 3. The molecular formula is C22H17Cl2NO4. The Balaban J connectivity index is 1.86. The Kier molecular flexibility index (Phi) is 5.19. The lowest BCUT2D eigenvalue weighted by Gasteiger charge is -2.38. The third-order valence-electron chi connectivity index (χ3n) is 5.40. The van der Waals surface area contributed by atoms with Gasteiger partial charge in [0.15, 0.2) is 5.78 Å². The molecule has 7 heteroatoms. The Bertz CT molecular complexity index is 1040. The van der Waals surface area contributed by atoms with Crippen LogP contribution < -0.4 is 4.90 Å². The lowest BCUT2D eigenvalue weighted by Crippen LogP contribution is -2.40. The minimum absolute atomic E-state index is 0.00751. The van der Waals surface area contributed by atoms with Crippen molar-refractivity contribution in [2.75, 3.05) is 4.90 Å². The number of carbonyl (C=O) groups excluding carboxylic acids is 2. The van der Waals surface area contributed by atoms with E-state index in [1.54, 1.807) is 35.2 Å². The molecule has 0 spiro atoms. The Labute approximate surface area is 177 Å². The van der Waals surface area contributed by atoms with E-state index < -0.39 is 11.9 Å². The first-order chi connectivity index (χ1) is 13.9. The van der Waals surface area contributed by atoms with Crippen LogP contribution in [-0.2, 0) is 9.59 Å². The highest BCUT2D eigenvalue weighted by molar-refractivity contribution is 6.36. The van der Waals surface area contributed by atoms with E-state index in [0.29, 0.717) is 51.8 Å². The van der Waals surface area contributed by atoms with E-state index in [1.165, 1.54) is 12.1 Å². The van der Waals surface area contributed by atoms with Crippen LogP contribution in [0.3, 0.4) is 0 Å². The number of nitrogens with zero attached hydrogens (tertiary/aromatic N) is 1. The summed E-state index contributed by atoms with van der Waals surface area (Å²) >= 11 is 12.8. The zero-order valence-corrected chi connectivity index (χ0v) is 16.8. The van der Waals surface area contributed by atoms with Gasteiger partial charge in [0.25, 0.3) is 0 Å². The number of amides is 1. The predicted octanol–water partition coefficient (Wildman–Crippen LogP) is 5.22. The summed E-state index contributed by atoms with van der Waals surface area (Å²) < 4.78 is 0. The summed E-state index contributed by atoms with van der Waals surface area (Å²) in [4.78, 5) is 38.7. The number of hydrogen-bond acceptors (Lipinski definition) is 3. The summed E-state index contributed by atoms with van der Waals surface area (Å²) in [5.41, 5.74) is 2.52. The minimum atomic E-state index is -1.04. The lowest BCUT2D eigenvalue weighted by atomic mass is 9.77. The zero-order valence-electron chi connectivity index (χ0n) is 15.3. The van der Waals surface area contributed by atoms with Gasteiger partial charge >= 0.3 is 5.97 Å². The summed E-state index contributed by atoms with van der Waals surface area (Å²) in [5.74, 6) is -1.71. The molecule has 1 aliphatic carbocycles. The Morgan fingerprint density at radius 3 is 2.28 bits per heavy atom. The molecular weight excluding hydrogens is 413 g/mol. The van der Waals surface area contributed by atoms with E-state index in [2.05, 4.69) is 0 Å². The molecule has 148 valence electrons. The van der Waals surface area contributed by atoms with Gasteiger partial charge in [-0.3, -0.25) is 14.5 Å². The molecule has 1 amide bonds. The van der Waals surface area contributed by atoms with Gasteiger partial charge in [0.2, 0.25) is 5.91 Å². The van der Waals surface area contributed by atoms with Crippen molar-refractivity contribution in [3.05, 3.63) is 74.9 Å². The van der Waals surface area contributed by atoms with Crippen molar-refractivity contribution in [3.63, 3.8) is 0 Å². The van der Waals surface area contributed by atoms with E-state index in [1.807, 2.05) is 0 Å². The molecule has 2 aliphatic rings. The van der Waals surface area contributed by atoms with Gasteiger partial charge < -0.3 is 5.11 Å². The first-order valence-corrected chi connectivity index (χ1v) is 10.0. The average molecular weight is 430 g/mol. The molecule has 0 bridgehead atoms. The number of ketones is 1. The highest BCUT2D eigenvalue weighted by atomic mass is 35.5. The van der Waals surface area contributed by atoms with Crippen LogP contribution >= 0.6 is 23.2 Å². The smallest absolute Gasteiger partial charge is 0.335 e. The van der Waals surface area contributed by atoms with Gasteiger partial charge in [-0.2, -0.15) is 0 Å². The average Bonchev–Trinajstić information content (AvgIpc) is 2.68. The van der Waals surface area contributed by atoms with Crippen molar-refractivity contribution in [3.8, 4) is 0 Å². The van der Waals surface area contributed by atoms with Gasteiger partial charge in [-0.05, 0) is 54.8 Å². The first kappa shape index (κ1) is 19.7. The number of carboxylic acid groups (broad SMARTS) is 1. The maximum absolute atomic E-state index is 13.2. The van der Waals surface area contributed by atoms with E-state index in [4.69, 9.17) is 28.3 Å². The van der Waals surface area contributed by atoms with Crippen molar-refractivity contribution in [2.24, 2.45) is 0 Å². The molecule has 0 fully saturated rings. The summed E-state index contributed by atoms with van der Waals surface area (Å²) in [5, 5.41) is 9.97. The summed E-state index contributed by atoms with van der Waals surface area (Å²) in [7, 11) is 0. The fourth-order valence-corrected chi connectivity index (χ4v) is 4.80. The van der Waals surface area contributed by atoms with E-state index in [-0.39, 0.29) is 23.7 Å². The van der Waals surface area contributed by atoms with Crippen LogP contribution in [0.15, 0.2) is 53.7 Å². The number of anilines is 1. The fourth-order valence-electron chi connectivity index (χ4n) is 4.14. The molecule has 0 saturated carbocycles. The van der Waals surface area contributed by atoms with Crippen LogP contribution in [0.5, 0.6) is 0 Å². The maximum Gasteiger partial charge on any atom is 0.335 e. The topological polar surface area (TPSA) is 74.7 Å². The van der Waals surface area contributed by atoms with Crippen LogP contribution in [0.4, 0.5) is 5.69 Å².